The Morgan fingerprint density at radius 1 is 0.412 bits per heavy atom. The summed E-state index contributed by atoms with van der Waals surface area (Å²) in [6.07, 6.45) is 0. The summed E-state index contributed by atoms with van der Waals surface area (Å²) in [4.78, 5) is 2.42. The van der Waals surface area contributed by atoms with Gasteiger partial charge in [-0.3, -0.25) is 0 Å². The van der Waals surface area contributed by atoms with Crippen molar-refractivity contribution in [3.05, 3.63) is 187 Å². The zero-order valence-electron chi connectivity index (χ0n) is 28.6. The average Bonchev–Trinajstić information content (AvgIpc) is 3.65. The number of hydrogen-bond donors (Lipinski definition) is 0. The molecule has 10 rings (SSSR count). The molecule has 1 heterocycles. The van der Waals surface area contributed by atoms with Crippen LogP contribution in [0.4, 0.5) is 17.1 Å². The van der Waals surface area contributed by atoms with E-state index in [1.54, 1.807) is 0 Å². The molecule has 0 spiro atoms. The van der Waals surface area contributed by atoms with Gasteiger partial charge in [-0.2, -0.15) is 0 Å². The van der Waals surface area contributed by atoms with Gasteiger partial charge in [0.05, 0.1) is 5.69 Å². The summed E-state index contributed by atoms with van der Waals surface area (Å²) in [6.45, 7) is 4.71. The number of para-hydroxylation sites is 2. The van der Waals surface area contributed by atoms with Gasteiger partial charge in [0.15, 0.2) is 0 Å². The quantitative estimate of drug-likeness (QED) is 0.184. The Balaban J connectivity index is 1.13. The molecule has 242 valence electrons. The van der Waals surface area contributed by atoms with Gasteiger partial charge < -0.3 is 9.32 Å². The molecule has 1 aliphatic rings. The first-order chi connectivity index (χ1) is 25.0. The van der Waals surface area contributed by atoms with Gasteiger partial charge in [-0.1, -0.05) is 135 Å². The lowest BCUT2D eigenvalue weighted by Crippen LogP contribution is -2.17. The summed E-state index contributed by atoms with van der Waals surface area (Å²) in [5, 5.41) is 4.85. The topological polar surface area (TPSA) is 16.4 Å². The van der Waals surface area contributed by atoms with E-state index in [1.165, 1.54) is 66.1 Å². The second-order valence-electron chi connectivity index (χ2n) is 14.2. The number of hydrogen-bond acceptors (Lipinski definition) is 2. The molecule has 9 aromatic rings. The van der Waals surface area contributed by atoms with Crippen LogP contribution in [-0.4, -0.2) is 0 Å². The van der Waals surface area contributed by atoms with E-state index in [0.29, 0.717) is 0 Å². The lowest BCUT2D eigenvalue weighted by atomic mass is 9.82. The third-order valence-corrected chi connectivity index (χ3v) is 10.9. The Morgan fingerprint density at radius 2 is 1.10 bits per heavy atom. The highest BCUT2D eigenvalue weighted by molar-refractivity contribution is 6.07. The number of furan rings is 1. The summed E-state index contributed by atoms with van der Waals surface area (Å²) >= 11 is 0. The van der Waals surface area contributed by atoms with Crippen molar-refractivity contribution in [2.45, 2.75) is 19.3 Å². The number of rotatable bonds is 5. The molecule has 2 nitrogen and oxygen atoms in total. The SMILES string of the molecule is CC1(C)c2cc(N(c3ccc(-c4ccc5ccccc5c4)cc3)c3ccccc3-c3ccccc3)ccc2-c2cc3oc4ccccc4c3cc21. The third-order valence-electron chi connectivity index (χ3n) is 10.9. The Labute approximate surface area is 297 Å². The van der Waals surface area contributed by atoms with E-state index in [4.69, 9.17) is 4.42 Å². The maximum Gasteiger partial charge on any atom is 0.136 e. The van der Waals surface area contributed by atoms with Crippen molar-refractivity contribution in [2.75, 3.05) is 4.90 Å². The fraction of sp³-hybridized carbons (Fsp3) is 0.0612. The van der Waals surface area contributed by atoms with Gasteiger partial charge in [0.25, 0.3) is 0 Å². The smallest absolute Gasteiger partial charge is 0.136 e. The third kappa shape index (κ3) is 4.71. The van der Waals surface area contributed by atoms with E-state index in [-0.39, 0.29) is 5.41 Å². The van der Waals surface area contributed by atoms with Crippen LogP contribution in [0.5, 0.6) is 0 Å². The Hall–Kier alpha value is -6.38. The highest BCUT2D eigenvalue weighted by Crippen LogP contribution is 2.53. The van der Waals surface area contributed by atoms with Gasteiger partial charge in [0, 0.05) is 33.1 Å². The molecule has 0 radical (unpaired) electrons. The second-order valence-corrected chi connectivity index (χ2v) is 14.2. The minimum atomic E-state index is -0.197. The molecule has 8 aromatic carbocycles. The standard InChI is InChI=1S/C49H35NO/c1-49(2)44-29-38(26-27-40(44)42-31-48-43(30-45(42)49)41-17-9-11-19-47(41)51-48)50(46-18-10-8-16-39(46)34-13-4-3-5-14-34)37-24-22-33(23-25-37)36-21-20-32-12-6-7-15-35(32)28-36/h3-31H,1-2H3. The zero-order chi connectivity index (χ0) is 34.1. The number of nitrogens with zero attached hydrogens (tertiary/aromatic N) is 1. The maximum atomic E-state index is 6.35. The summed E-state index contributed by atoms with van der Waals surface area (Å²) in [5.74, 6) is 0. The van der Waals surface area contributed by atoms with E-state index >= 15 is 0 Å². The summed E-state index contributed by atoms with van der Waals surface area (Å²) < 4.78 is 6.35. The van der Waals surface area contributed by atoms with Gasteiger partial charge in [0.2, 0.25) is 0 Å². The Kier molecular flexibility index (Phi) is 6.56. The average molecular weight is 654 g/mol. The number of anilines is 3. The molecule has 0 N–H and O–H groups in total. The highest BCUT2D eigenvalue weighted by Gasteiger charge is 2.37. The molecule has 0 saturated carbocycles. The monoisotopic (exact) mass is 653 g/mol. The van der Waals surface area contributed by atoms with Gasteiger partial charge in [-0.05, 0) is 104 Å². The summed E-state index contributed by atoms with van der Waals surface area (Å²) in [6, 6.07) is 63.7. The summed E-state index contributed by atoms with van der Waals surface area (Å²) in [5.41, 5.74) is 15.0. The van der Waals surface area contributed by atoms with Gasteiger partial charge in [-0.15, -0.1) is 0 Å². The molecule has 0 saturated heterocycles. The zero-order valence-corrected chi connectivity index (χ0v) is 28.6. The Morgan fingerprint density at radius 3 is 1.96 bits per heavy atom. The van der Waals surface area contributed by atoms with Crippen LogP contribution in [0.15, 0.2) is 180 Å². The van der Waals surface area contributed by atoms with E-state index in [0.717, 1.165) is 28.2 Å². The molecular weight excluding hydrogens is 619 g/mol. The minimum absolute atomic E-state index is 0.197. The lowest BCUT2D eigenvalue weighted by Gasteiger charge is -2.30. The Bertz CT molecular complexity index is 2770. The first-order valence-electron chi connectivity index (χ1n) is 17.7. The van der Waals surface area contributed by atoms with E-state index in [2.05, 4.69) is 189 Å². The van der Waals surface area contributed by atoms with Crippen LogP contribution in [0.1, 0.15) is 25.0 Å². The van der Waals surface area contributed by atoms with Gasteiger partial charge in [-0.25, -0.2) is 0 Å². The normalized spacial score (nSPS) is 13.1. The predicted octanol–water partition coefficient (Wildman–Crippen LogP) is 13.8. The molecule has 0 bridgehead atoms. The molecule has 0 unspecified atom stereocenters. The largest absolute Gasteiger partial charge is 0.456 e. The van der Waals surface area contributed by atoms with Crippen LogP contribution in [0.25, 0.3) is 66.1 Å². The van der Waals surface area contributed by atoms with Gasteiger partial charge in [0.1, 0.15) is 11.2 Å². The van der Waals surface area contributed by atoms with Crippen LogP contribution in [0, 0.1) is 0 Å². The van der Waals surface area contributed by atoms with Crippen molar-refractivity contribution in [1.29, 1.82) is 0 Å². The van der Waals surface area contributed by atoms with Crippen LogP contribution < -0.4 is 4.90 Å². The molecule has 1 aliphatic carbocycles. The fourth-order valence-corrected chi connectivity index (χ4v) is 8.21. The highest BCUT2D eigenvalue weighted by atomic mass is 16.3. The number of benzene rings is 8. The molecule has 0 atom stereocenters. The second kappa shape index (κ2) is 11.3. The molecule has 0 amide bonds. The number of fused-ring (bicyclic) bond motifs is 7. The van der Waals surface area contributed by atoms with Crippen LogP contribution in [0.2, 0.25) is 0 Å². The van der Waals surface area contributed by atoms with E-state index < -0.39 is 0 Å². The molecule has 0 aliphatic heterocycles. The molecule has 0 fully saturated rings. The maximum absolute atomic E-state index is 6.35. The van der Waals surface area contributed by atoms with Crippen molar-refractivity contribution in [3.63, 3.8) is 0 Å². The van der Waals surface area contributed by atoms with Gasteiger partial charge >= 0.3 is 0 Å². The molecule has 51 heavy (non-hydrogen) atoms. The van der Waals surface area contributed by atoms with Crippen LogP contribution in [0.3, 0.4) is 0 Å². The molecular formula is C49H35NO. The first-order valence-corrected chi connectivity index (χ1v) is 17.7. The molecule has 1 aromatic heterocycles. The van der Waals surface area contributed by atoms with Crippen molar-refractivity contribution < 1.29 is 4.42 Å². The summed E-state index contributed by atoms with van der Waals surface area (Å²) in [7, 11) is 0. The van der Waals surface area contributed by atoms with Crippen LogP contribution in [-0.2, 0) is 5.41 Å². The van der Waals surface area contributed by atoms with Crippen molar-refractivity contribution >= 4 is 49.8 Å². The van der Waals surface area contributed by atoms with Crippen LogP contribution >= 0.6 is 0 Å². The predicted molar refractivity (Wildman–Crippen MR) is 214 cm³/mol. The van der Waals surface area contributed by atoms with Crippen molar-refractivity contribution in [1.82, 2.24) is 0 Å². The lowest BCUT2D eigenvalue weighted by molar-refractivity contribution is 0.658. The first kappa shape index (κ1) is 29.5. The van der Waals surface area contributed by atoms with E-state index in [9.17, 15) is 0 Å². The van der Waals surface area contributed by atoms with Crippen molar-refractivity contribution in [3.8, 4) is 33.4 Å². The van der Waals surface area contributed by atoms with Crippen molar-refractivity contribution in [2.24, 2.45) is 0 Å². The van der Waals surface area contributed by atoms with E-state index in [1.807, 2.05) is 6.07 Å². The molecule has 2 heteroatoms. The fourth-order valence-electron chi connectivity index (χ4n) is 8.21. The minimum Gasteiger partial charge on any atom is -0.456 e.